The van der Waals surface area contributed by atoms with Gasteiger partial charge in [-0.15, -0.1) is 0 Å². The summed E-state index contributed by atoms with van der Waals surface area (Å²) in [5.74, 6) is 0.965. The van der Waals surface area contributed by atoms with Crippen LogP contribution in [0.4, 0.5) is 0 Å². The molecule has 0 aromatic heterocycles. The molecule has 0 aliphatic heterocycles. The predicted molar refractivity (Wildman–Crippen MR) is 81.7 cm³/mol. The lowest BCUT2D eigenvalue weighted by Crippen LogP contribution is -2.18. The molecule has 0 radical (unpaired) electrons. The van der Waals surface area contributed by atoms with Gasteiger partial charge in [0, 0.05) is 4.83 Å². The van der Waals surface area contributed by atoms with Crippen LogP contribution >= 0.6 is 15.9 Å². The Balaban J connectivity index is 1.79. The molecule has 0 spiro atoms. The van der Waals surface area contributed by atoms with Gasteiger partial charge >= 0.3 is 0 Å². The fraction of sp³-hybridized carbons (Fsp3) is 0.294. The quantitative estimate of drug-likeness (QED) is 0.801. The van der Waals surface area contributed by atoms with E-state index in [2.05, 4.69) is 40.2 Å². The zero-order valence-electron chi connectivity index (χ0n) is 10.7. The molecule has 2 unspecified atom stereocenters. The van der Waals surface area contributed by atoms with Crippen LogP contribution in [0.25, 0.3) is 0 Å². The Morgan fingerprint density at radius 1 is 1.05 bits per heavy atom. The number of aryl methyl sites for hydroxylation is 1. The second kappa shape index (κ2) is 5.38. The van der Waals surface area contributed by atoms with Gasteiger partial charge < -0.3 is 5.11 Å². The molecule has 19 heavy (non-hydrogen) atoms. The lowest BCUT2D eigenvalue weighted by molar-refractivity contribution is 0.451. The number of phenolic OH excluding ortho intramolecular Hbond substituents is 1. The van der Waals surface area contributed by atoms with Crippen molar-refractivity contribution in [1.29, 1.82) is 0 Å². The van der Waals surface area contributed by atoms with E-state index in [1.165, 1.54) is 29.5 Å². The van der Waals surface area contributed by atoms with Crippen molar-refractivity contribution in [2.75, 3.05) is 0 Å². The highest BCUT2D eigenvalue weighted by molar-refractivity contribution is 9.09. The molecule has 0 heterocycles. The summed E-state index contributed by atoms with van der Waals surface area (Å²) in [4.78, 5) is 0.436. The molecule has 0 fully saturated rings. The van der Waals surface area contributed by atoms with E-state index >= 15 is 0 Å². The lowest BCUT2D eigenvalue weighted by Gasteiger charge is -2.30. The van der Waals surface area contributed by atoms with Crippen LogP contribution in [-0.4, -0.2) is 5.11 Å². The molecule has 0 amide bonds. The summed E-state index contributed by atoms with van der Waals surface area (Å²) in [5, 5.41) is 9.34. The number of hydrogen-bond donors (Lipinski definition) is 1. The van der Waals surface area contributed by atoms with E-state index in [0.29, 0.717) is 16.5 Å². The van der Waals surface area contributed by atoms with Crippen LogP contribution in [0.15, 0.2) is 48.5 Å². The van der Waals surface area contributed by atoms with Gasteiger partial charge in [-0.1, -0.05) is 52.3 Å². The van der Waals surface area contributed by atoms with E-state index in [-0.39, 0.29) is 0 Å². The van der Waals surface area contributed by atoms with Crippen LogP contribution in [0.2, 0.25) is 0 Å². The van der Waals surface area contributed by atoms with Crippen LogP contribution < -0.4 is 0 Å². The van der Waals surface area contributed by atoms with E-state index < -0.39 is 0 Å². The minimum absolute atomic E-state index is 0.341. The number of phenols is 1. The highest BCUT2D eigenvalue weighted by Gasteiger charge is 2.27. The minimum atomic E-state index is 0.341. The summed E-state index contributed by atoms with van der Waals surface area (Å²) in [6.45, 7) is 0. The molecule has 98 valence electrons. The summed E-state index contributed by atoms with van der Waals surface area (Å²) in [7, 11) is 0. The molecule has 2 heteroatoms. The van der Waals surface area contributed by atoms with Crippen molar-refractivity contribution in [3.63, 3.8) is 0 Å². The molecule has 1 aliphatic rings. The molecule has 1 N–H and O–H groups in total. The Morgan fingerprint density at radius 2 is 1.79 bits per heavy atom. The fourth-order valence-electron chi connectivity index (χ4n) is 2.91. The fourth-order valence-corrected chi connectivity index (χ4v) is 3.81. The molecule has 0 saturated carbocycles. The highest BCUT2D eigenvalue weighted by Crippen LogP contribution is 2.41. The topological polar surface area (TPSA) is 20.2 Å². The standard InChI is InChI=1S/C17H17BrO/c18-17-14(11-12-5-9-15(19)10-6-12)8-7-13-3-1-2-4-16(13)17/h1-6,9-10,14,17,19H,7-8,11H2. The van der Waals surface area contributed by atoms with Gasteiger partial charge in [0.15, 0.2) is 0 Å². The van der Waals surface area contributed by atoms with Crippen LogP contribution in [0, 0.1) is 5.92 Å². The van der Waals surface area contributed by atoms with Crippen molar-refractivity contribution in [3.8, 4) is 5.75 Å². The molecule has 2 aromatic carbocycles. The van der Waals surface area contributed by atoms with E-state index in [1.54, 1.807) is 12.1 Å². The molecular formula is C17H17BrO. The number of aromatic hydroxyl groups is 1. The first-order valence-corrected chi connectivity index (χ1v) is 7.65. The van der Waals surface area contributed by atoms with Crippen molar-refractivity contribution >= 4 is 15.9 Å². The van der Waals surface area contributed by atoms with Gasteiger partial charge in [-0.05, 0) is 54.0 Å². The van der Waals surface area contributed by atoms with Crippen LogP contribution in [-0.2, 0) is 12.8 Å². The van der Waals surface area contributed by atoms with E-state index in [0.717, 1.165) is 6.42 Å². The third kappa shape index (κ3) is 2.69. The van der Waals surface area contributed by atoms with Gasteiger partial charge in [-0.3, -0.25) is 0 Å². The van der Waals surface area contributed by atoms with Gasteiger partial charge in [0.25, 0.3) is 0 Å². The zero-order chi connectivity index (χ0) is 13.2. The lowest BCUT2D eigenvalue weighted by atomic mass is 9.81. The number of fused-ring (bicyclic) bond motifs is 1. The summed E-state index contributed by atoms with van der Waals surface area (Å²) in [6.07, 6.45) is 3.44. The molecule has 0 bridgehead atoms. The van der Waals surface area contributed by atoms with Gasteiger partial charge in [-0.2, -0.15) is 0 Å². The van der Waals surface area contributed by atoms with E-state index in [1.807, 2.05) is 12.1 Å². The first-order valence-electron chi connectivity index (χ1n) is 6.74. The largest absolute Gasteiger partial charge is 0.508 e. The van der Waals surface area contributed by atoms with Gasteiger partial charge in [0.2, 0.25) is 0 Å². The van der Waals surface area contributed by atoms with Crippen molar-refractivity contribution in [3.05, 3.63) is 65.2 Å². The maximum Gasteiger partial charge on any atom is 0.115 e. The monoisotopic (exact) mass is 316 g/mol. The van der Waals surface area contributed by atoms with Gasteiger partial charge in [-0.25, -0.2) is 0 Å². The SMILES string of the molecule is Oc1ccc(CC2CCc3ccccc3C2Br)cc1. The van der Waals surface area contributed by atoms with Crippen LogP contribution in [0.1, 0.15) is 27.9 Å². The Kier molecular flexibility index (Phi) is 3.61. The Labute approximate surface area is 122 Å². The van der Waals surface area contributed by atoms with Gasteiger partial charge in [0.05, 0.1) is 0 Å². The second-order valence-electron chi connectivity index (χ2n) is 5.27. The molecule has 0 saturated heterocycles. The third-order valence-corrected chi connectivity index (χ3v) is 5.23. The first kappa shape index (κ1) is 12.7. The first-order chi connectivity index (χ1) is 9.24. The molecule has 1 nitrogen and oxygen atoms in total. The summed E-state index contributed by atoms with van der Waals surface area (Å²) < 4.78 is 0. The van der Waals surface area contributed by atoms with Crippen molar-refractivity contribution < 1.29 is 5.11 Å². The van der Waals surface area contributed by atoms with E-state index in [9.17, 15) is 5.11 Å². The van der Waals surface area contributed by atoms with Crippen molar-refractivity contribution in [1.82, 2.24) is 0 Å². The maximum absolute atomic E-state index is 9.34. The molecular weight excluding hydrogens is 300 g/mol. The van der Waals surface area contributed by atoms with Crippen molar-refractivity contribution in [2.24, 2.45) is 5.92 Å². The Bertz CT molecular complexity index is 562. The zero-order valence-corrected chi connectivity index (χ0v) is 12.3. The number of rotatable bonds is 2. The minimum Gasteiger partial charge on any atom is -0.508 e. The number of alkyl halides is 1. The highest BCUT2D eigenvalue weighted by atomic mass is 79.9. The summed E-state index contributed by atoms with van der Waals surface area (Å²) in [6, 6.07) is 16.3. The predicted octanol–water partition coefficient (Wildman–Crippen LogP) is 4.63. The summed E-state index contributed by atoms with van der Waals surface area (Å²) >= 11 is 3.88. The smallest absolute Gasteiger partial charge is 0.115 e. The number of hydrogen-bond acceptors (Lipinski definition) is 1. The van der Waals surface area contributed by atoms with Crippen molar-refractivity contribution in [2.45, 2.75) is 24.1 Å². The van der Waals surface area contributed by atoms with Crippen LogP contribution in [0.5, 0.6) is 5.75 Å². The van der Waals surface area contributed by atoms with Gasteiger partial charge in [0.1, 0.15) is 5.75 Å². The Hall–Kier alpha value is -1.28. The number of halogens is 1. The molecule has 1 aliphatic carbocycles. The average molecular weight is 317 g/mol. The average Bonchev–Trinajstić information content (AvgIpc) is 2.45. The van der Waals surface area contributed by atoms with Crippen LogP contribution in [0.3, 0.4) is 0 Å². The third-order valence-electron chi connectivity index (χ3n) is 3.98. The number of benzene rings is 2. The molecule has 2 aromatic rings. The normalized spacial score (nSPS) is 21.9. The Morgan fingerprint density at radius 3 is 2.58 bits per heavy atom. The second-order valence-corrected chi connectivity index (χ2v) is 6.26. The maximum atomic E-state index is 9.34. The molecule has 2 atom stereocenters. The van der Waals surface area contributed by atoms with E-state index in [4.69, 9.17) is 0 Å². The molecule has 3 rings (SSSR count). The summed E-state index contributed by atoms with van der Waals surface area (Å²) in [5.41, 5.74) is 4.22.